The maximum Gasteiger partial charge on any atom is 0.316 e. The molecule has 1 amide bonds. The molecule has 3 aliphatic heterocycles. The van der Waals surface area contributed by atoms with E-state index < -0.39 is 83.2 Å². The van der Waals surface area contributed by atoms with Crippen molar-refractivity contribution in [1.29, 1.82) is 0 Å². The van der Waals surface area contributed by atoms with Crippen LogP contribution in [0.15, 0.2) is 46.9 Å². The number of oxime groups is 1. The van der Waals surface area contributed by atoms with Gasteiger partial charge in [0.1, 0.15) is 29.4 Å². The number of Topliss-reactive ketones (excluding diaryl/α,β-unsaturated/α-hetero) is 1. The number of aliphatic imine (C=N–C) groups is 1. The number of pyridine rings is 1. The summed E-state index contributed by atoms with van der Waals surface area (Å²) < 4.78 is 34.0. The van der Waals surface area contributed by atoms with E-state index >= 15 is 0 Å². The van der Waals surface area contributed by atoms with Crippen molar-refractivity contribution >= 4 is 29.1 Å². The summed E-state index contributed by atoms with van der Waals surface area (Å²) in [6.07, 6.45) is -0.311. The molecule has 2 aromatic heterocycles. The fourth-order valence-corrected chi connectivity index (χ4v) is 8.69. The number of hydrogen-bond acceptors (Lipinski definition) is 15. The van der Waals surface area contributed by atoms with Gasteiger partial charge in [-0.05, 0) is 85.2 Å². The summed E-state index contributed by atoms with van der Waals surface area (Å²) in [7, 11) is 3.72. The number of amides is 1. The van der Waals surface area contributed by atoms with E-state index in [4.69, 9.17) is 28.5 Å². The smallest absolute Gasteiger partial charge is 0.316 e. The molecule has 13 atom stereocenters. The van der Waals surface area contributed by atoms with Gasteiger partial charge in [0.25, 0.3) is 0 Å². The van der Waals surface area contributed by atoms with E-state index in [0.29, 0.717) is 23.7 Å². The number of ether oxygens (including phenoxy) is 5. The van der Waals surface area contributed by atoms with Crippen molar-refractivity contribution in [1.82, 2.24) is 19.7 Å². The summed E-state index contributed by atoms with van der Waals surface area (Å²) in [5.74, 6) is -4.52. The van der Waals surface area contributed by atoms with Crippen molar-refractivity contribution < 1.29 is 53.1 Å². The monoisotopic (exact) mass is 826 g/mol. The average Bonchev–Trinajstić information content (AvgIpc) is 3.73. The number of ketones is 1. The molecular formula is C42H62N6O11. The minimum absolute atomic E-state index is 0.124. The molecule has 3 fully saturated rings. The second kappa shape index (κ2) is 19.2. The van der Waals surface area contributed by atoms with E-state index in [2.05, 4.69) is 20.2 Å². The highest BCUT2D eigenvalue weighted by Crippen LogP contribution is 2.40. The van der Waals surface area contributed by atoms with E-state index in [1.54, 1.807) is 63.0 Å². The van der Waals surface area contributed by atoms with Crippen molar-refractivity contribution in [2.45, 2.75) is 136 Å². The molecule has 0 aliphatic carbocycles. The molecule has 0 unspecified atom stereocenters. The second-order valence-electron chi connectivity index (χ2n) is 16.9. The van der Waals surface area contributed by atoms with Crippen molar-refractivity contribution in [3.8, 4) is 11.6 Å². The molecule has 17 nitrogen and oxygen atoms in total. The predicted octanol–water partition coefficient (Wildman–Crippen LogP) is 3.56. The maximum atomic E-state index is 14.5. The van der Waals surface area contributed by atoms with Gasteiger partial charge in [-0.2, -0.15) is 5.10 Å². The summed E-state index contributed by atoms with van der Waals surface area (Å²) in [6, 6.07) is 4.85. The molecule has 0 saturated carbocycles. The summed E-state index contributed by atoms with van der Waals surface area (Å²) in [4.78, 5) is 57.9. The Kier molecular flexibility index (Phi) is 15.0. The van der Waals surface area contributed by atoms with Gasteiger partial charge in [-0.15, -0.1) is 0 Å². The van der Waals surface area contributed by atoms with Gasteiger partial charge < -0.3 is 43.6 Å². The molecule has 2 bridgehead atoms. The first-order valence-corrected chi connectivity index (χ1v) is 20.4. The fourth-order valence-electron chi connectivity index (χ4n) is 8.69. The molecule has 17 heteroatoms. The number of fused-ring (bicyclic) bond motifs is 5. The lowest BCUT2D eigenvalue weighted by molar-refractivity contribution is -0.296. The van der Waals surface area contributed by atoms with E-state index in [0.717, 1.165) is 0 Å². The molecule has 3 aliphatic rings. The topological polar surface area (TPSA) is 206 Å². The van der Waals surface area contributed by atoms with Crippen LogP contribution in [0.1, 0.15) is 81.6 Å². The van der Waals surface area contributed by atoms with Crippen molar-refractivity contribution in [3.05, 3.63) is 36.8 Å². The first kappa shape index (κ1) is 46.1. The number of rotatable bonds is 7. The maximum absolute atomic E-state index is 14.5. The van der Waals surface area contributed by atoms with E-state index in [1.165, 1.54) is 27.0 Å². The molecule has 2 N–H and O–H groups in total. The van der Waals surface area contributed by atoms with Crippen LogP contribution in [0.2, 0.25) is 0 Å². The van der Waals surface area contributed by atoms with Crippen LogP contribution >= 0.6 is 0 Å². The zero-order chi connectivity index (χ0) is 43.4. The first-order chi connectivity index (χ1) is 27.8. The van der Waals surface area contributed by atoms with Crippen molar-refractivity contribution in [3.63, 3.8) is 0 Å². The minimum atomic E-state index is -1.87. The van der Waals surface area contributed by atoms with Crippen molar-refractivity contribution in [2.75, 3.05) is 27.3 Å². The zero-order valence-electron chi connectivity index (χ0n) is 36.1. The van der Waals surface area contributed by atoms with Crippen LogP contribution in [0.3, 0.4) is 0 Å². The Labute approximate surface area is 346 Å². The van der Waals surface area contributed by atoms with Crippen LogP contribution in [0.4, 0.5) is 0 Å². The SMILES string of the molecule is CC[C@H]1OC(=O)[C@H](C)C(=O)[C@H](C)[C@@H](O[C@@H]2O[C@H](C)C[C@H](N(C)C)[C@H]2O)[C@@]2(C)C[C@@H](C)C(=NC(C)=O)[C@H](C)[C@H](OC/C(=N\Oc3ccc(-n4cccn4)nc3)CO2)[C@]1(C)O. The van der Waals surface area contributed by atoms with E-state index in [-0.39, 0.29) is 43.9 Å². The van der Waals surface area contributed by atoms with Crippen LogP contribution in [-0.4, -0.2) is 140 Å². The Bertz CT molecular complexity index is 1820. The van der Waals surface area contributed by atoms with Gasteiger partial charge in [0.05, 0.1) is 43.3 Å². The van der Waals surface area contributed by atoms with Gasteiger partial charge in [0, 0.05) is 42.9 Å². The molecule has 59 heavy (non-hydrogen) atoms. The standard InChI is InChI=1S/C42H62N6O11/c1-12-32-42(9,53)38-25(4)34(45-28(7)49)23(2)19-41(8,55-22-29(21-54-38)46-59-30-14-15-33(43-20-30)48-17-13-16-44-48)37(26(5)35(50)27(6)39(52)57-32)58-40-36(51)31(47(10)11)18-24(3)56-40/h13-17,20,23-27,31-32,36-38,40,51,53H,12,18-19,21-22H2,1-11H3/b45-34?,46-29+/t23-,24-,25+,26+,27-,31+,32-,36-,37-,38+,40+,41-,42-/m1/s1. The summed E-state index contributed by atoms with van der Waals surface area (Å²) >= 11 is 0. The number of carbonyl (C=O) groups excluding carboxylic acids is 3. The van der Waals surface area contributed by atoms with Crippen LogP contribution < -0.4 is 4.84 Å². The van der Waals surface area contributed by atoms with Crippen LogP contribution in [0, 0.1) is 23.7 Å². The lowest BCUT2D eigenvalue weighted by atomic mass is 9.73. The summed E-state index contributed by atoms with van der Waals surface area (Å²) in [5.41, 5.74) is -2.63. The number of aromatic nitrogens is 3. The third-order valence-electron chi connectivity index (χ3n) is 11.9. The Morgan fingerprint density at radius 3 is 2.44 bits per heavy atom. The first-order valence-electron chi connectivity index (χ1n) is 20.4. The fraction of sp³-hybridized carbons (Fsp3) is 0.690. The Morgan fingerprint density at radius 2 is 1.83 bits per heavy atom. The highest BCUT2D eigenvalue weighted by Gasteiger charge is 2.53. The third-order valence-corrected chi connectivity index (χ3v) is 11.9. The Balaban J connectivity index is 1.67. The van der Waals surface area contributed by atoms with Gasteiger partial charge in [0.15, 0.2) is 23.6 Å². The Morgan fingerprint density at radius 1 is 1.10 bits per heavy atom. The van der Waals surface area contributed by atoms with Gasteiger partial charge in [0.2, 0.25) is 5.91 Å². The van der Waals surface area contributed by atoms with E-state index in [9.17, 15) is 24.6 Å². The molecule has 326 valence electrons. The van der Waals surface area contributed by atoms with Gasteiger partial charge in [-0.25, -0.2) is 14.7 Å². The Hall–Kier alpha value is -3.97. The highest BCUT2D eigenvalue weighted by atomic mass is 16.7. The summed E-state index contributed by atoms with van der Waals surface area (Å²) in [5, 5.41) is 32.7. The molecule has 5 heterocycles. The number of nitrogens with zero attached hydrogens (tertiary/aromatic N) is 6. The number of cyclic esters (lactones) is 1. The summed E-state index contributed by atoms with van der Waals surface area (Å²) in [6.45, 7) is 14.6. The van der Waals surface area contributed by atoms with Gasteiger partial charge in [-0.1, -0.05) is 32.9 Å². The van der Waals surface area contributed by atoms with Crippen LogP contribution in [-0.2, 0) is 38.1 Å². The molecular weight excluding hydrogens is 764 g/mol. The molecule has 5 rings (SSSR count). The number of hydrogen-bond donors (Lipinski definition) is 2. The minimum Gasteiger partial charge on any atom is -0.459 e. The normalized spacial score (nSPS) is 38.0. The quantitative estimate of drug-likeness (QED) is 0.233. The zero-order valence-corrected chi connectivity index (χ0v) is 36.1. The highest BCUT2D eigenvalue weighted by molar-refractivity contribution is 6.00. The van der Waals surface area contributed by atoms with Crippen LogP contribution in [0.5, 0.6) is 5.75 Å². The number of esters is 1. The van der Waals surface area contributed by atoms with E-state index in [1.807, 2.05) is 32.8 Å². The largest absolute Gasteiger partial charge is 0.459 e. The van der Waals surface area contributed by atoms with Gasteiger partial charge >= 0.3 is 5.97 Å². The van der Waals surface area contributed by atoms with Crippen molar-refractivity contribution in [2.24, 2.45) is 33.8 Å². The second-order valence-corrected chi connectivity index (χ2v) is 16.9. The third kappa shape index (κ3) is 10.5. The number of likely N-dealkylation sites (N-methyl/N-ethyl adjacent to an activating group) is 1. The lowest BCUT2D eigenvalue weighted by Gasteiger charge is -2.47. The van der Waals surface area contributed by atoms with Gasteiger partial charge in [-0.3, -0.25) is 14.4 Å². The molecule has 3 saturated heterocycles. The molecule has 0 aromatic carbocycles. The number of aliphatic hydroxyl groups excluding tert-OH is 1. The van der Waals surface area contributed by atoms with Crippen LogP contribution in [0.25, 0.3) is 5.82 Å². The number of aliphatic hydroxyl groups is 2. The molecule has 0 radical (unpaired) electrons. The average molecular weight is 827 g/mol. The molecule has 0 spiro atoms. The number of carbonyl (C=O) groups is 3. The molecule has 2 aromatic rings. The predicted molar refractivity (Wildman–Crippen MR) is 216 cm³/mol. The lowest BCUT2D eigenvalue weighted by Crippen LogP contribution is -2.60.